The Labute approximate surface area is 86.7 Å². The van der Waals surface area contributed by atoms with Crippen LogP contribution in [0.5, 0.6) is 0 Å². The van der Waals surface area contributed by atoms with Crippen LogP contribution in [0.15, 0.2) is 0 Å². The Morgan fingerprint density at radius 1 is 1.43 bits per heavy atom. The molecule has 0 spiro atoms. The average Bonchev–Trinajstić information content (AvgIpc) is 2.01. The van der Waals surface area contributed by atoms with Gasteiger partial charge in [0.25, 0.3) is 0 Å². The summed E-state index contributed by atoms with van der Waals surface area (Å²) in [7, 11) is 0. The molecular weight excluding hydrogens is 176 g/mol. The van der Waals surface area contributed by atoms with Crippen molar-refractivity contribution in [3.8, 4) is 0 Å². The third-order valence-corrected chi connectivity index (χ3v) is 3.64. The number of rotatable bonds is 3. The van der Waals surface area contributed by atoms with E-state index in [1.165, 1.54) is 12.8 Å². The molecule has 0 saturated heterocycles. The standard InChI is InChI=1S/C12H22O2/c1-8(2)12-9(3)5-4-6-10(12)7-11(13)14/h8-10,12H,4-7H2,1-3H3,(H,13,14). The van der Waals surface area contributed by atoms with Crippen molar-refractivity contribution in [2.24, 2.45) is 23.7 Å². The zero-order chi connectivity index (χ0) is 10.7. The first kappa shape index (κ1) is 11.5. The Hall–Kier alpha value is -0.530. The summed E-state index contributed by atoms with van der Waals surface area (Å²) in [6.07, 6.45) is 3.97. The van der Waals surface area contributed by atoms with Crippen LogP contribution in [0.25, 0.3) is 0 Å². The van der Waals surface area contributed by atoms with Crippen LogP contribution >= 0.6 is 0 Å². The van der Waals surface area contributed by atoms with Gasteiger partial charge in [0.15, 0.2) is 0 Å². The monoisotopic (exact) mass is 198 g/mol. The summed E-state index contributed by atoms with van der Waals surface area (Å²) < 4.78 is 0. The number of aliphatic carboxylic acids is 1. The summed E-state index contributed by atoms with van der Waals surface area (Å²) in [5.41, 5.74) is 0. The van der Waals surface area contributed by atoms with Crippen molar-refractivity contribution >= 4 is 5.97 Å². The third kappa shape index (κ3) is 2.73. The van der Waals surface area contributed by atoms with Gasteiger partial charge in [0.05, 0.1) is 0 Å². The summed E-state index contributed by atoms with van der Waals surface area (Å²) in [6.45, 7) is 6.72. The van der Waals surface area contributed by atoms with Crippen LogP contribution in [-0.4, -0.2) is 11.1 Å². The van der Waals surface area contributed by atoms with Crippen LogP contribution in [-0.2, 0) is 4.79 Å². The van der Waals surface area contributed by atoms with Gasteiger partial charge in [-0.1, -0.05) is 33.6 Å². The molecule has 0 radical (unpaired) electrons. The second kappa shape index (κ2) is 4.81. The molecule has 1 fully saturated rings. The van der Waals surface area contributed by atoms with Gasteiger partial charge in [0.1, 0.15) is 0 Å². The normalized spacial score (nSPS) is 33.3. The van der Waals surface area contributed by atoms with Gasteiger partial charge in [-0.3, -0.25) is 4.79 Å². The lowest BCUT2D eigenvalue weighted by molar-refractivity contribution is -0.139. The van der Waals surface area contributed by atoms with Gasteiger partial charge < -0.3 is 5.11 Å². The van der Waals surface area contributed by atoms with Crippen LogP contribution in [0.2, 0.25) is 0 Å². The maximum atomic E-state index is 10.7. The Kier molecular flexibility index (Phi) is 3.97. The van der Waals surface area contributed by atoms with Crippen molar-refractivity contribution in [2.75, 3.05) is 0 Å². The van der Waals surface area contributed by atoms with Gasteiger partial charge in [-0.2, -0.15) is 0 Å². The Morgan fingerprint density at radius 2 is 2.07 bits per heavy atom. The number of hydrogen-bond donors (Lipinski definition) is 1. The van der Waals surface area contributed by atoms with Gasteiger partial charge in [-0.25, -0.2) is 0 Å². The Morgan fingerprint density at radius 3 is 2.57 bits per heavy atom. The molecular formula is C12H22O2. The molecule has 1 saturated carbocycles. The van der Waals surface area contributed by atoms with Gasteiger partial charge in [0.2, 0.25) is 0 Å². The van der Waals surface area contributed by atoms with Crippen LogP contribution < -0.4 is 0 Å². The molecule has 0 aromatic carbocycles. The van der Waals surface area contributed by atoms with Crippen molar-refractivity contribution in [1.82, 2.24) is 0 Å². The molecule has 0 heterocycles. The minimum absolute atomic E-state index is 0.368. The molecule has 0 bridgehead atoms. The zero-order valence-electron chi connectivity index (χ0n) is 9.49. The first-order valence-corrected chi connectivity index (χ1v) is 5.74. The highest BCUT2D eigenvalue weighted by atomic mass is 16.4. The predicted octanol–water partition coefficient (Wildman–Crippen LogP) is 3.17. The van der Waals surface area contributed by atoms with Crippen LogP contribution in [0, 0.1) is 23.7 Å². The molecule has 3 atom stereocenters. The van der Waals surface area contributed by atoms with Crippen molar-refractivity contribution in [3.63, 3.8) is 0 Å². The molecule has 1 aliphatic rings. The van der Waals surface area contributed by atoms with Crippen LogP contribution in [0.4, 0.5) is 0 Å². The average molecular weight is 198 g/mol. The molecule has 14 heavy (non-hydrogen) atoms. The van der Waals surface area contributed by atoms with E-state index in [4.69, 9.17) is 5.11 Å². The van der Waals surface area contributed by atoms with Crippen LogP contribution in [0.1, 0.15) is 46.5 Å². The molecule has 0 aliphatic heterocycles. The Balaban J connectivity index is 2.64. The van der Waals surface area contributed by atoms with E-state index in [0.717, 1.165) is 6.42 Å². The minimum Gasteiger partial charge on any atom is -0.481 e. The molecule has 1 N–H and O–H groups in total. The Bertz CT molecular complexity index is 198. The van der Waals surface area contributed by atoms with E-state index in [2.05, 4.69) is 20.8 Å². The summed E-state index contributed by atoms with van der Waals surface area (Å²) in [4.78, 5) is 10.7. The van der Waals surface area contributed by atoms with Crippen molar-refractivity contribution < 1.29 is 9.90 Å². The van der Waals surface area contributed by atoms with Gasteiger partial charge >= 0.3 is 5.97 Å². The number of hydrogen-bond acceptors (Lipinski definition) is 1. The second-order valence-electron chi connectivity index (χ2n) is 5.09. The fourth-order valence-electron chi connectivity index (χ4n) is 3.22. The SMILES string of the molecule is CC(C)C1C(C)CCCC1CC(=O)O. The highest BCUT2D eigenvalue weighted by Gasteiger charge is 2.33. The molecule has 2 nitrogen and oxygen atoms in total. The fourth-order valence-corrected chi connectivity index (χ4v) is 3.22. The quantitative estimate of drug-likeness (QED) is 0.756. The van der Waals surface area contributed by atoms with E-state index in [-0.39, 0.29) is 0 Å². The first-order chi connectivity index (χ1) is 6.52. The van der Waals surface area contributed by atoms with Crippen molar-refractivity contribution in [1.29, 1.82) is 0 Å². The topological polar surface area (TPSA) is 37.3 Å². The maximum absolute atomic E-state index is 10.7. The summed E-state index contributed by atoms with van der Waals surface area (Å²) in [5, 5.41) is 8.85. The fraction of sp³-hybridized carbons (Fsp3) is 0.917. The maximum Gasteiger partial charge on any atom is 0.303 e. The number of carboxylic acid groups (broad SMARTS) is 1. The third-order valence-electron chi connectivity index (χ3n) is 3.64. The van der Waals surface area contributed by atoms with Crippen LogP contribution in [0.3, 0.4) is 0 Å². The molecule has 1 rings (SSSR count). The lowest BCUT2D eigenvalue weighted by atomic mass is 9.67. The van der Waals surface area contributed by atoms with E-state index in [9.17, 15) is 4.79 Å². The smallest absolute Gasteiger partial charge is 0.303 e. The minimum atomic E-state index is -0.630. The molecule has 1 aliphatic carbocycles. The van der Waals surface area contributed by atoms with Gasteiger partial charge in [-0.05, 0) is 30.1 Å². The zero-order valence-corrected chi connectivity index (χ0v) is 9.49. The molecule has 3 unspecified atom stereocenters. The predicted molar refractivity (Wildman–Crippen MR) is 57.1 cm³/mol. The molecule has 0 aromatic heterocycles. The van der Waals surface area contributed by atoms with Gasteiger partial charge in [0, 0.05) is 6.42 Å². The molecule has 82 valence electrons. The van der Waals surface area contributed by atoms with Gasteiger partial charge in [-0.15, -0.1) is 0 Å². The first-order valence-electron chi connectivity index (χ1n) is 5.74. The van der Waals surface area contributed by atoms with E-state index in [0.29, 0.717) is 30.1 Å². The summed E-state index contributed by atoms with van der Waals surface area (Å²) in [6, 6.07) is 0. The highest BCUT2D eigenvalue weighted by molar-refractivity contribution is 5.67. The van der Waals surface area contributed by atoms with E-state index >= 15 is 0 Å². The summed E-state index contributed by atoms with van der Waals surface area (Å²) in [5.74, 6) is 1.72. The molecule has 0 amide bonds. The van der Waals surface area contributed by atoms with Crippen molar-refractivity contribution in [2.45, 2.75) is 46.5 Å². The lowest BCUT2D eigenvalue weighted by Gasteiger charge is -2.38. The van der Waals surface area contributed by atoms with Crippen molar-refractivity contribution in [3.05, 3.63) is 0 Å². The van der Waals surface area contributed by atoms with E-state index in [1.807, 2.05) is 0 Å². The molecule has 0 aromatic rings. The van der Waals surface area contributed by atoms with E-state index in [1.54, 1.807) is 0 Å². The largest absolute Gasteiger partial charge is 0.481 e. The van der Waals surface area contributed by atoms with E-state index < -0.39 is 5.97 Å². The summed E-state index contributed by atoms with van der Waals surface area (Å²) >= 11 is 0. The number of carboxylic acids is 1. The second-order valence-corrected chi connectivity index (χ2v) is 5.09. The lowest BCUT2D eigenvalue weighted by Crippen LogP contribution is -2.32. The molecule has 2 heteroatoms. The number of carbonyl (C=O) groups is 1. The highest BCUT2D eigenvalue weighted by Crippen LogP contribution is 2.40.